The van der Waals surface area contributed by atoms with Crippen LogP contribution in [0.15, 0.2) is 0 Å². The largest absolute Gasteiger partial charge is 0.381 e. The number of ether oxygens (including phenoxy) is 1. The van der Waals surface area contributed by atoms with E-state index in [1.807, 2.05) is 4.90 Å². The van der Waals surface area contributed by atoms with Gasteiger partial charge in [0.15, 0.2) is 0 Å². The van der Waals surface area contributed by atoms with Crippen molar-refractivity contribution in [3.8, 4) is 0 Å². The molecule has 0 aromatic heterocycles. The lowest BCUT2D eigenvalue weighted by atomic mass is 10.0. The topological polar surface area (TPSA) is 49.9 Å². The normalized spacial score (nSPS) is 25.9. The Kier molecular flexibility index (Phi) is 5.24. The summed E-state index contributed by atoms with van der Waals surface area (Å²) < 4.78 is 5.47. The minimum atomic E-state index is 0.210. The zero-order valence-electron chi connectivity index (χ0n) is 14.5. The summed E-state index contributed by atoms with van der Waals surface area (Å²) in [5.41, 5.74) is 0. The lowest BCUT2D eigenvalue weighted by molar-refractivity contribution is -0.140. The quantitative estimate of drug-likeness (QED) is 0.778. The van der Waals surface area contributed by atoms with Gasteiger partial charge in [0.05, 0.1) is 6.04 Å². The summed E-state index contributed by atoms with van der Waals surface area (Å²) in [6, 6.07) is 0.518. The van der Waals surface area contributed by atoms with E-state index in [0.29, 0.717) is 24.3 Å². The molecule has 3 rings (SSSR count). The van der Waals surface area contributed by atoms with Crippen LogP contribution in [-0.4, -0.2) is 60.0 Å². The SMILES string of the molecule is CC(C)CC(=O)N1CCC(N(C(=O)C2CC2)C2CCOCC2)C1. The van der Waals surface area contributed by atoms with Crippen LogP contribution in [0.4, 0.5) is 0 Å². The van der Waals surface area contributed by atoms with E-state index in [9.17, 15) is 9.59 Å². The van der Waals surface area contributed by atoms with E-state index < -0.39 is 0 Å². The fraction of sp³-hybridized carbons (Fsp3) is 0.889. The zero-order valence-corrected chi connectivity index (χ0v) is 14.5. The first-order valence-electron chi connectivity index (χ1n) is 9.24. The van der Waals surface area contributed by atoms with Gasteiger partial charge >= 0.3 is 0 Å². The molecule has 2 heterocycles. The molecule has 2 aliphatic heterocycles. The molecule has 5 heteroatoms. The van der Waals surface area contributed by atoms with Crippen LogP contribution in [0.2, 0.25) is 0 Å². The van der Waals surface area contributed by atoms with Crippen molar-refractivity contribution >= 4 is 11.8 Å². The third kappa shape index (κ3) is 4.06. The second-order valence-corrected chi connectivity index (χ2v) is 7.74. The monoisotopic (exact) mass is 322 g/mol. The van der Waals surface area contributed by atoms with Crippen molar-refractivity contribution in [1.82, 2.24) is 9.80 Å². The van der Waals surface area contributed by atoms with E-state index in [4.69, 9.17) is 4.74 Å². The number of hydrogen-bond acceptors (Lipinski definition) is 3. The standard InChI is InChI=1S/C18H30N2O3/c1-13(2)11-17(21)19-8-5-16(12-19)20(18(22)14-3-4-14)15-6-9-23-10-7-15/h13-16H,3-12H2,1-2H3. The molecule has 23 heavy (non-hydrogen) atoms. The molecule has 1 aliphatic carbocycles. The van der Waals surface area contributed by atoms with Crippen LogP contribution in [0.25, 0.3) is 0 Å². The van der Waals surface area contributed by atoms with Crippen LogP contribution in [0, 0.1) is 11.8 Å². The number of nitrogens with zero attached hydrogens (tertiary/aromatic N) is 2. The number of hydrogen-bond donors (Lipinski definition) is 0. The minimum absolute atomic E-state index is 0.210. The number of carbonyl (C=O) groups is 2. The summed E-state index contributed by atoms with van der Waals surface area (Å²) in [6.45, 7) is 7.19. The van der Waals surface area contributed by atoms with Gasteiger partial charge in [-0.1, -0.05) is 13.8 Å². The van der Waals surface area contributed by atoms with Crippen molar-refractivity contribution in [1.29, 1.82) is 0 Å². The molecule has 0 aromatic carbocycles. The molecule has 5 nitrogen and oxygen atoms in total. The smallest absolute Gasteiger partial charge is 0.226 e. The Morgan fingerprint density at radius 2 is 1.78 bits per heavy atom. The van der Waals surface area contributed by atoms with Gasteiger partial charge < -0.3 is 14.5 Å². The molecule has 0 aromatic rings. The van der Waals surface area contributed by atoms with Crippen LogP contribution in [0.1, 0.15) is 52.4 Å². The zero-order chi connectivity index (χ0) is 16.4. The molecule has 3 aliphatic rings. The first-order chi connectivity index (χ1) is 11.1. The third-order valence-electron chi connectivity index (χ3n) is 5.26. The van der Waals surface area contributed by atoms with Gasteiger partial charge in [0.1, 0.15) is 0 Å². The second kappa shape index (κ2) is 7.20. The van der Waals surface area contributed by atoms with E-state index in [0.717, 1.165) is 58.4 Å². The van der Waals surface area contributed by atoms with Crippen molar-refractivity contribution < 1.29 is 14.3 Å². The van der Waals surface area contributed by atoms with E-state index in [-0.39, 0.29) is 17.9 Å². The molecule has 0 bridgehead atoms. The summed E-state index contributed by atoms with van der Waals surface area (Å²) in [4.78, 5) is 29.3. The lowest BCUT2D eigenvalue weighted by Crippen LogP contribution is -2.51. The molecule has 0 spiro atoms. The average Bonchev–Trinajstić information content (AvgIpc) is 3.27. The van der Waals surface area contributed by atoms with Crippen molar-refractivity contribution in [2.45, 2.75) is 64.5 Å². The highest BCUT2D eigenvalue weighted by molar-refractivity contribution is 5.82. The molecule has 1 atom stereocenters. The molecule has 3 fully saturated rings. The lowest BCUT2D eigenvalue weighted by Gasteiger charge is -2.38. The maximum atomic E-state index is 12.8. The number of rotatable bonds is 5. The summed E-state index contributed by atoms with van der Waals surface area (Å²) in [5.74, 6) is 1.22. The van der Waals surface area contributed by atoms with E-state index >= 15 is 0 Å². The van der Waals surface area contributed by atoms with Gasteiger partial charge in [-0.3, -0.25) is 9.59 Å². The minimum Gasteiger partial charge on any atom is -0.381 e. The van der Waals surface area contributed by atoms with Gasteiger partial charge in [0.2, 0.25) is 11.8 Å². The predicted molar refractivity (Wildman–Crippen MR) is 87.9 cm³/mol. The Bertz CT molecular complexity index is 442. The summed E-state index contributed by atoms with van der Waals surface area (Å²) >= 11 is 0. The highest BCUT2D eigenvalue weighted by atomic mass is 16.5. The fourth-order valence-electron chi connectivity index (χ4n) is 3.84. The van der Waals surface area contributed by atoms with Crippen LogP contribution in [0.3, 0.4) is 0 Å². The van der Waals surface area contributed by atoms with Crippen molar-refractivity contribution in [2.75, 3.05) is 26.3 Å². The number of carbonyl (C=O) groups excluding carboxylic acids is 2. The van der Waals surface area contributed by atoms with Gasteiger partial charge in [-0.15, -0.1) is 0 Å². The van der Waals surface area contributed by atoms with Crippen molar-refractivity contribution in [2.24, 2.45) is 11.8 Å². The molecule has 2 amide bonds. The van der Waals surface area contributed by atoms with Crippen molar-refractivity contribution in [3.05, 3.63) is 0 Å². The Morgan fingerprint density at radius 1 is 1.09 bits per heavy atom. The van der Waals surface area contributed by atoms with Gasteiger partial charge in [0.25, 0.3) is 0 Å². The maximum Gasteiger partial charge on any atom is 0.226 e. The van der Waals surface area contributed by atoms with E-state index in [1.54, 1.807) is 0 Å². The fourth-order valence-corrected chi connectivity index (χ4v) is 3.84. The average molecular weight is 322 g/mol. The first kappa shape index (κ1) is 16.7. The Hall–Kier alpha value is -1.10. The van der Waals surface area contributed by atoms with Crippen LogP contribution in [-0.2, 0) is 14.3 Å². The summed E-state index contributed by atoms with van der Waals surface area (Å²) in [7, 11) is 0. The molecule has 130 valence electrons. The van der Waals surface area contributed by atoms with Crippen LogP contribution >= 0.6 is 0 Å². The second-order valence-electron chi connectivity index (χ2n) is 7.74. The molecular formula is C18H30N2O3. The van der Waals surface area contributed by atoms with E-state index in [1.165, 1.54) is 0 Å². The predicted octanol–water partition coefficient (Wildman–Crippen LogP) is 2.05. The molecule has 1 saturated carbocycles. The van der Waals surface area contributed by atoms with Crippen molar-refractivity contribution in [3.63, 3.8) is 0 Å². The van der Waals surface area contributed by atoms with Crippen LogP contribution < -0.4 is 0 Å². The number of likely N-dealkylation sites (tertiary alicyclic amines) is 1. The Balaban J connectivity index is 1.65. The van der Waals surface area contributed by atoms with Gasteiger partial charge in [-0.2, -0.15) is 0 Å². The summed E-state index contributed by atoms with van der Waals surface area (Å²) in [6.07, 6.45) is 5.51. The Morgan fingerprint density at radius 3 is 2.39 bits per heavy atom. The van der Waals surface area contributed by atoms with Gasteiger partial charge in [-0.25, -0.2) is 0 Å². The number of amides is 2. The maximum absolute atomic E-state index is 12.8. The highest BCUT2D eigenvalue weighted by Gasteiger charge is 2.42. The molecular weight excluding hydrogens is 292 g/mol. The highest BCUT2D eigenvalue weighted by Crippen LogP contribution is 2.35. The molecule has 0 radical (unpaired) electrons. The van der Waals surface area contributed by atoms with Crippen LogP contribution in [0.5, 0.6) is 0 Å². The van der Waals surface area contributed by atoms with E-state index in [2.05, 4.69) is 18.7 Å². The Labute approximate surface area is 139 Å². The van der Waals surface area contributed by atoms with Gasteiger partial charge in [0, 0.05) is 44.7 Å². The molecule has 2 saturated heterocycles. The summed E-state index contributed by atoms with van der Waals surface area (Å²) in [5, 5.41) is 0. The van der Waals surface area contributed by atoms with Gasteiger partial charge in [-0.05, 0) is 38.0 Å². The first-order valence-corrected chi connectivity index (χ1v) is 9.24. The molecule has 0 N–H and O–H groups in total. The third-order valence-corrected chi connectivity index (χ3v) is 5.26. The molecule has 1 unspecified atom stereocenters.